The number of nitrogen functional groups attached to an aromatic ring is 1. The van der Waals surface area contributed by atoms with Crippen LogP contribution in [0.25, 0.3) is 0 Å². The lowest BCUT2D eigenvalue weighted by Gasteiger charge is -2.26. The molecule has 2 heteroatoms. The largest absolute Gasteiger partial charge is 0.399 e. The van der Waals surface area contributed by atoms with Crippen LogP contribution >= 0.6 is 0 Å². The van der Waals surface area contributed by atoms with Gasteiger partial charge >= 0.3 is 0 Å². The summed E-state index contributed by atoms with van der Waals surface area (Å²) in [4.78, 5) is 2.54. The lowest BCUT2D eigenvalue weighted by atomic mass is 10.0. The smallest absolute Gasteiger partial charge is 0.0352 e. The van der Waals surface area contributed by atoms with Crippen LogP contribution in [-0.4, -0.2) is 4.90 Å². The topological polar surface area (TPSA) is 29.3 Å². The average molecular weight is 252 g/mol. The Morgan fingerprint density at radius 2 is 1.79 bits per heavy atom. The standard InChI is InChI=1S/C17H20N2/c1-2-17(13-6-4-3-5-7-13)19-11-14-8-9-16(18)10-15(14)12-19/h3-10,17H,2,11-12,18H2,1H3. The van der Waals surface area contributed by atoms with Crippen molar-refractivity contribution >= 4 is 5.69 Å². The maximum absolute atomic E-state index is 5.88. The molecule has 1 aliphatic heterocycles. The highest BCUT2D eigenvalue weighted by atomic mass is 15.2. The van der Waals surface area contributed by atoms with E-state index in [9.17, 15) is 0 Å². The third kappa shape index (κ3) is 2.36. The SMILES string of the molecule is CCC(c1ccccc1)N1Cc2ccc(N)cc2C1. The summed E-state index contributed by atoms with van der Waals surface area (Å²) in [6.45, 7) is 4.30. The van der Waals surface area contributed by atoms with Gasteiger partial charge < -0.3 is 5.73 Å². The Morgan fingerprint density at radius 3 is 2.53 bits per heavy atom. The molecule has 0 saturated carbocycles. The Bertz CT molecular complexity index is 563. The molecule has 0 spiro atoms. The monoisotopic (exact) mass is 252 g/mol. The van der Waals surface area contributed by atoms with Crippen LogP contribution in [0.4, 0.5) is 5.69 Å². The van der Waals surface area contributed by atoms with Gasteiger partial charge in [-0.3, -0.25) is 4.90 Å². The van der Waals surface area contributed by atoms with Gasteiger partial charge in [0.1, 0.15) is 0 Å². The zero-order valence-corrected chi connectivity index (χ0v) is 11.3. The minimum Gasteiger partial charge on any atom is -0.399 e. The zero-order chi connectivity index (χ0) is 13.2. The molecular formula is C17H20N2. The Labute approximate surface area is 114 Å². The molecule has 2 N–H and O–H groups in total. The summed E-state index contributed by atoms with van der Waals surface area (Å²) >= 11 is 0. The van der Waals surface area contributed by atoms with Crippen LogP contribution in [-0.2, 0) is 13.1 Å². The van der Waals surface area contributed by atoms with E-state index in [1.54, 1.807) is 0 Å². The van der Waals surface area contributed by atoms with Crippen LogP contribution in [0.5, 0.6) is 0 Å². The number of nitrogens with zero attached hydrogens (tertiary/aromatic N) is 1. The molecule has 0 aromatic heterocycles. The predicted molar refractivity (Wildman–Crippen MR) is 79.6 cm³/mol. The molecule has 0 amide bonds. The van der Waals surface area contributed by atoms with Gasteiger partial charge in [0.05, 0.1) is 0 Å². The van der Waals surface area contributed by atoms with Crippen molar-refractivity contribution in [1.82, 2.24) is 4.90 Å². The quantitative estimate of drug-likeness (QED) is 0.843. The van der Waals surface area contributed by atoms with Crippen LogP contribution < -0.4 is 5.73 Å². The minimum absolute atomic E-state index is 0.495. The first-order valence-corrected chi connectivity index (χ1v) is 6.94. The molecular weight excluding hydrogens is 232 g/mol. The van der Waals surface area contributed by atoms with Gasteiger partial charge in [-0.15, -0.1) is 0 Å². The highest BCUT2D eigenvalue weighted by Crippen LogP contribution is 2.33. The van der Waals surface area contributed by atoms with E-state index in [0.29, 0.717) is 6.04 Å². The number of hydrogen-bond acceptors (Lipinski definition) is 2. The Morgan fingerprint density at radius 1 is 1.05 bits per heavy atom. The Kier molecular flexibility index (Phi) is 3.26. The predicted octanol–water partition coefficient (Wildman–Crippen LogP) is 3.74. The molecule has 0 radical (unpaired) electrons. The van der Waals surface area contributed by atoms with Crippen molar-refractivity contribution in [3.8, 4) is 0 Å². The van der Waals surface area contributed by atoms with Crippen molar-refractivity contribution in [3.63, 3.8) is 0 Å². The molecule has 2 aromatic carbocycles. The summed E-state index contributed by atoms with van der Waals surface area (Å²) < 4.78 is 0. The van der Waals surface area contributed by atoms with Crippen molar-refractivity contribution in [1.29, 1.82) is 0 Å². The molecule has 98 valence electrons. The molecule has 1 atom stereocenters. The second-order valence-electron chi connectivity index (χ2n) is 5.27. The summed E-state index contributed by atoms with van der Waals surface area (Å²) in [5.41, 5.74) is 11.0. The number of benzene rings is 2. The lowest BCUT2D eigenvalue weighted by Crippen LogP contribution is -2.22. The van der Waals surface area contributed by atoms with Gasteiger partial charge in [-0.1, -0.05) is 43.3 Å². The van der Waals surface area contributed by atoms with Gasteiger partial charge in [-0.25, -0.2) is 0 Å². The number of nitrogens with two attached hydrogens (primary N) is 1. The number of anilines is 1. The number of fused-ring (bicyclic) bond motifs is 1. The third-order valence-electron chi connectivity index (χ3n) is 3.99. The van der Waals surface area contributed by atoms with Crippen LogP contribution in [0.3, 0.4) is 0 Å². The fourth-order valence-corrected chi connectivity index (χ4v) is 3.04. The molecule has 0 aliphatic carbocycles. The summed E-state index contributed by atoms with van der Waals surface area (Å²) in [6, 6.07) is 17.6. The number of hydrogen-bond donors (Lipinski definition) is 1. The van der Waals surface area contributed by atoms with Gasteiger partial charge in [0, 0.05) is 24.8 Å². The highest BCUT2D eigenvalue weighted by molar-refractivity contribution is 5.46. The fourth-order valence-electron chi connectivity index (χ4n) is 3.04. The van der Waals surface area contributed by atoms with E-state index < -0.39 is 0 Å². The molecule has 1 aliphatic rings. The molecule has 2 nitrogen and oxygen atoms in total. The molecule has 1 heterocycles. The molecule has 0 bridgehead atoms. The Hall–Kier alpha value is -1.80. The second-order valence-corrected chi connectivity index (χ2v) is 5.27. The van der Waals surface area contributed by atoms with Crippen LogP contribution in [0, 0.1) is 0 Å². The maximum atomic E-state index is 5.88. The van der Waals surface area contributed by atoms with E-state index in [0.717, 1.165) is 25.2 Å². The van der Waals surface area contributed by atoms with Crippen molar-refractivity contribution in [2.75, 3.05) is 5.73 Å². The fraction of sp³-hybridized carbons (Fsp3) is 0.294. The first-order chi connectivity index (χ1) is 9.28. The van der Waals surface area contributed by atoms with Crippen LogP contribution in [0.15, 0.2) is 48.5 Å². The summed E-state index contributed by atoms with van der Waals surface area (Å²) in [5.74, 6) is 0. The van der Waals surface area contributed by atoms with E-state index in [-0.39, 0.29) is 0 Å². The highest BCUT2D eigenvalue weighted by Gasteiger charge is 2.25. The second kappa shape index (κ2) is 5.06. The van der Waals surface area contributed by atoms with E-state index in [1.807, 2.05) is 6.07 Å². The molecule has 0 saturated heterocycles. The first-order valence-electron chi connectivity index (χ1n) is 6.94. The first kappa shape index (κ1) is 12.2. The minimum atomic E-state index is 0.495. The van der Waals surface area contributed by atoms with Gasteiger partial charge in [0.25, 0.3) is 0 Å². The maximum Gasteiger partial charge on any atom is 0.0352 e. The molecule has 1 unspecified atom stereocenters. The van der Waals surface area contributed by atoms with Crippen molar-refractivity contribution in [3.05, 3.63) is 65.2 Å². The summed E-state index contributed by atoms with van der Waals surface area (Å²) in [6.07, 6.45) is 1.13. The third-order valence-corrected chi connectivity index (χ3v) is 3.99. The van der Waals surface area contributed by atoms with Gasteiger partial charge in [0.15, 0.2) is 0 Å². The molecule has 2 aromatic rings. The molecule has 0 fully saturated rings. The summed E-state index contributed by atoms with van der Waals surface area (Å²) in [7, 11) is 0. The normalized spacial score (nSPS) is 16.3. The van der Waals surface area contributed by atoms with E-state index >= 15 is 0 Å². The van der Waals surface area contributed by atoms with Crippen molar-refractivity contribution < 1.29 is 0 Å². The van der Waals surface area contributed by atoms with Crippen molar-refractivity contribution in [2.45, 2.75) is 32.5 Å². The summed E-state index contributed by atoms with van der Waals surface area (Å²) in [5, 5.41) is 0. The Balaban J connectivity index is 1.85. The van der Waals surface area contributed by atoms with E-state index in [1.165, 1.54) is 16.7 Å². The molecule has 19 heavy (non-hydrogen) atoms. The number of rotatable bonds is 3. The van der Waals surface area contributed by atoms with Crippen LogP contribution in [0.2, 0.25) is 0 Å². The van der Waals surface area contributed by atoms with E-state index in [4.69, 9.17) is 5.73 Å². The zero-order valence-electron chi connectivity index (χ0n) is 11.3. The average Bonchev–Trinajstić information content (AvgIpc) is 2.83. The van der Waals surface area contributed by atoms with Crippen molar-refractivity contribution in [2.24, 2.45) is 0 Å². The van der Waals surface area contributed by atoms with Gasteiger partial charge in [-0.2, -0.15) is 0 Å². The lowest BCUT2D eigenvalue weighted by molar-refractivity contribution is 0.195. The van der Waals surface area contributed by atoms with Gasteiger partial charge in [-0.05, 0) is 35.2 Å². The molecule has 3 rings (SSSR count). The van der Waals surface area contributed by atoms with Gasteiger partial charge in [0.2, 0.25) is 0 Å². The van der Waals surface area contributed by atoms with E-state index in [2.05, 4.69) is 54.3 Å². The van der Waals surface area contributed by atoms with Crippen LogP contribution in [0.1, 0.15) is 36.1 Å².